The quantitative estimate of drug-likeness (QED) is 0.524. The van der Waals surface area contributed by atoms with Crippen molar-refractivity contribution in [1.82, 2.24) is 15.2 Å². The molecule has 2 heterocycles. The minimum atomic E-state index is -0.881. The molecule has 188 valence electrons. The maximum absolute atomic E-state index is 13.2. The van der Waals surface area contributed by atoms with E-state index >= 15 is 0 Å². The number of hydrogen-bond donors (Lipinski definition) is 2. The number of rotatable bonds is 7. The van der Waals surface area contributed by atoms with E-state index in [1.807, 2.05) is 30.5 Å². The first kappa shape index (κ1) is 25.2. The molecule has 1 spiro atoms. The third kappa shape index (κ3) is 4.91. The van der Waals surface area contributed by atoms with Crippen LogP contribution in [-0.2, 0) is 9.59 Å². The monoisotopic (exact) mass is 498 g/mol. The van der Waals surface area contributed by atoms with Gasteiger partial charge in [-0.15, -0.1) is 11.3 Å². The summed E-state index contributed by atoms with van der Waals surface area (Å²) in [7, 11) is 1.60. The van der Waals surface area contributed by atoms with Crippen molar-refractivity contribution in [3.63, 3.8) is 0 Å². The summed E-state index contributed by atoms with van der Waals surface area (Å²) in [6.45, 7) is 8.37. The lowest BCUT2D eigenvalue weighted by molar-refractivity contribution is -0.135. The van der Waals surface area contributed by atoms with E-state index in [4.69, 9.17) is 4.74 Å². The lowest BCUT2D eigenvalue weighted by Crippen LogP contribution is -2.51. The first-order chi connectivity index (χ1) is 16.6. The molecular formula is C26H34N4O4S. The van der Waals surface area contributed by atoms with Gasteiger partial charge >= 0.3 is 6.03 Å². The lowest BCUT2D eigenvalue weighted by Gasteiger charge is -2.42. The van der Waals surface area contributed by atoms with Gasteiger partial charge in [0.15, 0.2) is 5.13 Å². The molecule has 9 heteroatoms. The fourth-order valence-electron chi connectivity index (χ4n) is 5.12. The molecule has 2 aliphatic rings. The second-order valence-corrected chi connectivity index (χ2v) is 11.2. The van der Waals surface area contributed by atoms with Crippen LogP contribution in [0.1, 0.15) is 58.4 Å². The Hall–Kier alpha value is -2.94. The van der Waals surface area contributed by atoms with Crippen LogP contribution in [0, 0.1) is 18.3 Å². The molecular weight excluding hydrogens is 464 g/mol. The highest BCUT2D eigenvalue weighted by Crippen LogP contribution is 2.45. The van der Waals surface area contributed by atoms with Gasteiger partial charge in [0.05, 0.1) is 12.8 Å². The molecule has 4 rings (SSSR count). The van der Waals surface area contributed by atoms with Crippen LogP contribution in [0.3, 0.4) is 0 Å². The van der Waals surface area contributed by atoms with Gasteiger partial charge in [0, 0.05) is 10.9 Å². The zero-order chi connectivity index (χ0) is 25.4. The third-order valence-electron chi connectivity index (χ3n) is 7.78. The molecule has 0 radical (unpaired) electrons. The molecule has 2 aromatic rings. The molecule has 1 aliphatic heterocycles. The standard InChI is InChI=1S/C26H34N4O4S/c1-6-25(3,4)17-9-11-26(12-10-17)22(32)30(24(33)29-26)14-21(31)28-23-27-19(15-35-23)18-13-16(2)7-8-20(18)34-5/h7-8,13,15,17H,6,9-12,14H2,1-5H3,(H,29,33)(H,27,28,31). The van der Waals surface area contributed by atoms with Gasteiger partial charge in [-0.2, -0.15) is 0 Å². The maximum Gasteiger partial charge on any atom is 0.325 e. The molecule has 4 amide bonds. The number of benzene rings is 1. The van der Waals surface area contributed by atoms with Crippen molar-refractivity contribution in [2.24, 2.45) is 11.3 Å². The van der Waals surface area contributed by atoms with Crippen LogP contribution in [0.25, 0.3) is 11.3 Å². The van der Waals surface area contributed by atoms with E-state index in [1.54, 1.807) is 7.11 Å². The fourth-order valence-corrected chi connectivity index (χ4v) is 5.85. The Kier molecular flexibility index (Phi) is 6.90. The summed E-state index contributed by atoms with van der Waals surface area (Å²) in [5.74, 6) is 0.463. The molecule has 2 fully saturated rings. The summed E-state index contributed by atoms with van der Waals surface area (Å²) < 4.78 is 5.43. The van der Waals surface area contributed by atoms with E-state index in [-0.39, 0.29) is 17.9 Å². The topological polar surface area (TPSA) is 101 Å². The number of nitrogens with one attached hydrogen (secondary N) is 2. The van der Waals surface area contributed by atoms with E-state index in [0.717, 1.165) is 35.3 Å². The van der Waals surface area contributed by atoms with E-state index in [1.165, 1.54) is 11.3 Å². The van der Waals surface area contributed by atoms with Crippen LogP contribution < -0.4 is 15.4 Å². The highest BCUT2D eigenvalue weighted by molar-refractivity contribution is 7.14. The average Bonchev–Trinajstić information content (AvgIpc) is 3.38. The number of aromatic nitrogens is 1. The van der Waals surface area contributed by atoms with Crippen molar-refractivity contribution < 1.29 is 19.1 Å². The molecule has 1 aliphatic carbocycles. The van der Waals surface area contributed by atoms with Crippen molar-refractivity contribution in [2.45, 2.75) is 65.3 Å². The normalized spacial score (nSPS) is 22.4. The number of methoxy groups -OCH3 is 1. The zero-order valence-corrected chi connectivity index (χ0v) is 21.9. The predicted octanol–water partition coefficient (Wildman–Crippen LogP) is 4.98. The molecule has 1 aromatic heterocycles. The number of ether oxygens (including phenoxy) is 1. The number of carbonyl (C=O) groups excluding carboxylic acids is 3. The largest absolute Gasteiger partial charge is 0.496 e. The van der Waals surface area contributed by atoms with Crippen molar-refractivity contribution in [3.05, 3.63) is 29.1 Å². The third-order valence-corrected chi connectivity index (χ3v) is 8.54. The number of aryl methyl sites for hydroxylation is 1. The molecule has 0 bridgehead atoms. The number of thiazole rings is 1. The first-order valence-corrected chi connectivity index (χ1v) is 13.0. The summed E-state index contributed by atoms with van der Waals surface area (Å²) in [6, 6.07) is 5.32. The van der Waals surface area contributed by atoms with E-state index in [2.05, 4.69) is 36.4 Å². The maximum atomic E-state index is 13.2. The highest BCUT2D eigenvalue weighted by Gasteiger charge is 2.53. The van der Waals surface area contributed by atoms with Gasteiger partial charge in [-0.3, -0.25) is 14.5 Å². The smallest absolute Gasteiger partial charge is 0.325 e. The van der Waals surface area contributed by atoms with Crippen molar-refractivity contribution >= 4 is 34.3 Å². The minimum Gasteiger partial charge on any atom is -0.496 e. The SMILES string of the molecule is CCC(C)(C)C1CCC2(CC1)NC(=O)N(CC(=O)Nc1nc(-c3cc(C)ccc3OC)cs1)C2=O. The van der Waals surface area contributed by atoms with Crippen LogP contribution in [0.15, 0.2) is 23.6 Å². The Morgan fingerprint density at radius 2 is 2.03 bits per heavy atom. The van der Waals surface area contributed by atoms with Crippen LogP contribution in [0.4, 0.5) is 9.93 Å². The van der Waals surface area contributed by atoms with Gasteiger partial charge in [-0.05, 0) is 56.1 Å². The van der Waals surface area contributed by atoms with Gasteiger partial charge in [0.2, 0.25) is 5.91 Å². The number of nitrogens with zero attached hydrogens (tertiary/aromatic N) is 2. The van der Waals surface area contributed by atoms with E-state index < -0.39 is 17.5 Å². The molecule has 0 unspecified atom stereocenters. The van der Waals surface area contributed by atoms with Crippen LogP contribution in [-0.4, -0.2) is 46.9 Å². The van der Waals surface area contributed by atoms with Gasteiger partial charge < -0.3 is 15.4 Å². The number of hydrogen-bond acceptors (Lipinski definition) is 6. The fraction of sp³-hybridized carbons (Fsp3) is 0.538. The number of carbonyl (C=O) groups is 3. The Balaban J connectivity index is 1.39. The predicted molar refractivity (Wildman–Crippen MR) is 136 cm³/mol. The summed E-state index contributed by atoms with van der Waals surface area (Å²) in [4.78, 5) is 44.2. The van der Waals surface area contributed by atoms with Crippen LogP contribution in [0.5, 0.6) is 5.75 Å². The van der Waals surface area contributed by atoms with Crippen LogP contribution >= 0.6 is 11.3 Å². The Bertz CT molecular complexity index is 1130. The van der Waals surface area contributed by atoms with Gasteiger partial charge in [0.25, 0.3) is 5.91 Å². The molecule has 1 aromatic carbocycles. The van der Waals surface area contributed by atoms with E-state index in [9.17, 15) is 14.4 Å². The lowest BCUT2D eigenvalue weighted by atomic mass is 9.65. The second kappa shape index (κ2) is 9.60. The molecule has 2 N–H and O–H groups in total. The zero-order valence-electron chi connectivity index (χ0n) is 21.1. The molecule has 8 nitrogen and oxygen atoms in total. The van der Waals surface area contributed by atoms with Crippen molar-refractivity contribution in [3.8, 4) is 17.0 Å². The summed E-state index contributed by atoms with van der Waals surface area (Å²) in [6.07, 6.45) is 4.07. The molecule has 1 saturated heterocycles. The second-order valence-electron chi connectivity index (χ2n) is 10.3. The van der Waals surface area contributed by atoms with Crippen molar-refractivity contribution in [2.75, 3.05) is 19.0 Å². The van der Waals surface area contributed by atoms with Gasteiger partial charge in [-0.25, -0.2) is 9.78 Å². The number of anilines is 1. The van der Waals surface area contributed by atoms with Gasteiger partial charge in [0.1, 0.15) is 17.8 Å². The summed E-state index contributed by atoms with van der Waals surface area (Å²) in [5.41, 5.74) is 1.92. The summed E-state index contributed by atoms with van der Waals surface area (Å²) in [5, 5.41) is 7.87. The number of urea groups is 1. The van der Waals surface area contributed by atoms with E-state index in [0.29, 0.717) is 35.3 Å². The number of imide groups is 1. The number of amides is 4. The van der Waals surface area contributed by atoms with Gasteiger partial charge in [-0.1, -0.05) is 38.8 Å². The minimum absolute atomic E-state index is 0.210. The first-order valence-electron chi connectivity index (χ1n) is 12.1. The average molecular weight is 499 g/mol. The van der Waals surface area contributed by atoms with Crippen molar-refractivity contribution in [1.29, 1.82) is 0 Å². The molecule has 1 saturated carbocycles. The highest BCUT2D eigenvalue weighted by atomic mass is 32.1. The Labute approximate surface area is 210 Å². The molecule has 35 heavy (non-hydrogen) atoms. The molecule has 0 atom stereocenters. The Morgan fingerprint density at radius 1 is 1.31 bits per heavy atom. The summed E-state index contributed by atoms with van der Waals surface area (Å²) >= 11 is 1.28. The van der Waals surface area contributed by atoms with Crippen LogP contribution in [0.2, 0.25) is 0 Å². The Morgan fingerprint density at radius 3 is 2.69 bits per heavy atom.